The van der Waals surface area contributed by atoms with Crippen LogP contribution in [0.15, 0.2) is 18.5 Å². The fourth-order valence-corrected chi connectivity index (χ4v) is 1.25. The zero-order valence-electron chi connectivity index (χ0n) is 6.30. The van der Waals surface area contributed by atoms with Gasteiger partial charge in [-0.1, -0.05) is 0 Å². The first kappa shape index (κ1) is 6.61. The fourth-order valence-electron chi connectivity index (χ4n) is 1.25. The first-order valence-corrected chi connectivity index (χ1v) is 3.84. The Morgan fingerprint density at radius 1 is 1.36 bits per heavy atom. The average molecular weight is 149 g/mol. The second-order valence-corrected chi connectivity index (χ2v) is 2.64. The van der Waals surface area contributed by atoms with E-state index < -0.39 is 0 Å². The van der Waals surface area contributed by atoms with E-state index >= 15 is 0 Å². The van der Waals surface area contributed by atoms with E-state index in [9.17, 15) is 0 Å². The van der Waals surface area contributed by atoms with Gasteiger partial charge in [-0.3, -0.25) is 4.98 Å². The van der Waals surface area contributed by atoms with E-state index in [4.69, 9.17) is 0 Å². The third-order valence-corrected chi connectivity index (χ3v) is 1.84. The Bertz CT molecular complexity index is 222. The average Bonchev–Trinajstić information content (AvgIpc) is 2.28. The number of hydrogen-bond acceptors (Lipinski definition) is 3. The van der Waals surface area contributed by atoms with E-state index in [1.165, 1.54) is 5.56 Å². The lowest BCUT2D eigenvalue weighted by atomic mass is 10.2. The molecule has 0 saturated heterocycles. The molecule has 1 aliphatic heterocycles. The quantitative estimate of drug-likeness (QED) is 0.567. The maximum absolute atomic E-state index is 4.05. The van der Waals surface area contributed by atoms with Crippen LogP contribution in [0.4, 0.5) is 5.69 Å². The van der Waals surface area contributed by atoms with E-state index in [1.807, 2.05) is 18.5 Å². The molecule has 0 radical (unpaired) electrons. The molecular weight excluding hydrogens is 138 g/mol. The molecule has 0 amide bonds. The minimum Gasteiger partial charge on any atom is -0.382 e. The first-order chi connectivity index (χ1) is 5.47. The van der Waals surface area contributed by atoms with E-state index in [2.05, 4.69) is 15.6 Å². The van der Waals surface area contributed by atoms with Crippen LogP contribution in [-0.2, 0) is 6.54 Å². The minimum atomic E-state index is 0.949. The highest BCUT2D eigenvalue weighted by molar-refractivity contribution is 5.49. The van der Waals surface area contributed by atoms with Gasteiger partial charge >= 0.3 is 0 Å². The van der Waals surface area contributed by atoms with Crippen molar-refractivity contribution in [2.24, 2.45) is 0 Å². The Hall–Kier alpha value is -1.09. The molecule has 3 nitrogen and oxygen atoms in total. The number of nitrogens with zero attached hydrogens (tertiary/aromatic N) is 1. The molecule has 3 heteroatoms. The zero-order chi connectivity index (χ0) is 7.52. The molecule has 1 aromatic rings. The largest absolute Gasteiger partial charge is 0.382 e. The van der Waals surface area contributed by atoms with Crippen molar-refractivity contribution in [2.75, 3.05) is 18.4 Å². The van der Waals surface area contributed by atoms with Crippen molar-refractivity contribution < 1.29 is 0 Å². The van der Waals surface area contributed by atoms with Crippen LogP contribution in [0.5, 0.6) is 0 Å². The van der Waals surface area contributed by atoms with E-state index in [-0.39, 0.29) is 0 Å². The molecule has 1 aliphatic rings. The van der Waals surface area contributed by atoms with Crippen LogP contribution in [0.3, 0.4) is 0 Å². The Balaban J connectivity index is 2.33. The van der Waals surface area contributed by atoms with Gasteiger partial charge in [-0.2, -0.15) is 0 Å². The third kappa shape index (κ3) is 1.33. The monoisotopic (exact) mass is 149 g/mol. The van der Waals surface area contributed by atoms with Crippen molar-refractivity contribution in [2.45, 2.75) is 6.54 Å². The van der Waals surface area contributed by atoms with Crippen LogP contribution in [0.25, 0.3) is 0 Å². The molecular formula is C8H11N3. The summed E-state index contributed by atoms with van der Waals surface area (Å²) in [6, 6.07) is 2.04. The molecule has 0 unspecified atom stereocenters. The number of anilines is 1. The predicted molar refractivity (Wildman–Crippen MR) is 44.4 cm³/mol. The molecule has 0 atom stereocenters. The normalized spacial score (nSPS) is 16.4. The Morgan fingerprint density at radius 3 is 3.36 bits per heavy atom. The van der Waals surface area contributed by atoms with E-state index in [0.29, 0.717) is 0 Å². The van der Waals surface area contributed by atoms with Crippen LogP contribution < -0.4 is 10.6 Å². The summed E-state index contributed by atoms with van der Waals surface area (Å²) in [6.45, 7) is 2.96. The number of hydrogen-bond donors (Lipinski definition) is 2. The van der Waals surface area contributed by atoms with Gasteiger partial charge in [-0.25, -0.2) is 0 Å². The molecule has 0 fully saturated rings. The number of rotatable bonds is 0. The standard InChI is InChI=1S/C8H11N3/c1-2-9-6-8-7(1)5-10-3-4-11-8/h1-2,6,10-11H,3-5H2. The summed E-state index contributed by atoms with van der Waals surface area (Å²) in [5, 5.41) is 6.61. The first-order valence-electron chi connectivity index (χ1n) is 3.84. The van der Waals surface area contributed by atoms with Crippen LogP contribution in [0, 0.1) is 0 Å². The third-order valence-electron chi connectivity index (χ3n) is 1.84. The van der Waals surface area contributed by atoms with Crippen molar-refractivity contribution in [1.82, 2.24) is 10.3 Å². The Labute approximate surface area is 65.8 Å². The maximum Gasteiger partial charge on any atom is 0.0572 e. The smallest absolute Gasteiger partial charge is 0.0572 e. The van der Waals surface area contributed by atoms with Gasteiger partial charge in [0.25, 0.3) is 0 Å². The van der Waals surface area contributed by atoms with Crippen LogP contribution in [0.2, 0.25) is 0 Å². The number of pyridine rings is 1. The predicted octanol–water partition coefficient (Wildman–Crippen LogP) is 0.597. The maximum atomic E-state index is 4.05. The summed E-state index contributed by atoms with van der Waals surface area (Å²) in [7, 11) is 0. The van der Waals surface area contributed by atoms with Gasteiger partial charge in [-0.15, -0.1) is 0 Å². The molecule has 11 heavy (non-hydrogen) atoms. The number of fused-ring (bicyclic) bond motifs is 1. The van der Waals surface area contributed by atoms with Gasteiger partial charge in [0.05, 0.1) is 11.9 Å². The Morgan fingerprint density at radius 2 is 2.36 bits per heavy atom. The SMILES string of the molecule is c1cc2c(cn1)NCCNC2. The van der Waals surface area contributed by atoms with E-state index in [0.717, 1.165) is 25.3 Å². The van der Waals surface area contributed by atoms with Crippen LogP contribution in [0.1, 0.15) is 5.56 Å². The van der Waals surface area contributed by atoms with Crippen molar-refractivity contribution in [3.05, 3.63) is 24.0 Å². The molecule has 0 spiro atoms. The Kier molecular flexibility index (Phi) is 1.73. The summed E-state index contributed by atoms with van der Waals surface area (Å²) in [6.07, 6.45) is 3.70. The second kappa shape index (κ2) is 2.88. The molecule has 2 heterocycles. The van der Waals surface area contributed by atoms with Gasteiger partial charge in [0.15, 0.2) is 0 Å². The summed E-state index contributed by atoms with van der Waals surface area (Å²) in [4.78, 5) is 4.05. The number of aromatic nitrogens is 1. The molecule has 2 rings (SSSR count). The van der Waals surface area contributed by atoms with Gasteiger partial charge < -0.3 is 10.6 Å². The highest BCUT2D eigenvalue weighted by Gasteiger charge is 2.03. The lowest BCUT2D eigenvalue weighted by molar-refractivity contribution is 0.725. The lowest BCUT2D eigenvalue weighted by Gasteiger charge is -2.03. The summed E-state index contributed by atoms with van der Waals surface area (Å²) >= 11 is 0. The molecule has 1 aromatic heterocycles. The molecule has 58 valence electrons. The van der Waals surface area contributed by atoms with Gasteiger partial charge in [0.1, 0.15) is 0 Å². The van der Waals surface area contributed by atoms with Gasteiger partial charge in [0.2, 0.25) is 0 Å². The highest BCUT2D eigenvalue weighted by Crippen LogP contribution is 2.13. The van der Waals surface area contributed by atoms with Crippen molar-refractivity contribution in [3.8, 4) is 0 Å². The van der Waals surface area contributed by atoms with Crippen molar-refractivity contribution in [1.29, 1.82) is 0 Å². The minimum absolute atomic E-state index is 0.949. The lowest BCUT2D eigenvalue weighted by Crippen LogP contribution is -2.16. The second-order valence-electron chi connectivity index (χ2n) is 2.64. The van der Waals surface area contributed by atoms with Crippen LogP contribution in [-0.4, -0.2) is 18.1 Å². The fraction of sp³-hybridized carbons (Fsp3) is 0.375. The summed E-state index contributed by atoms with van der Waals surface area (Å²) in [5.74, 6) is 0. The number of nitrogens with one attached hydrogen (secondary N) is 2. The molecule has 0 aliphatic carbocycles. The summed E-state index contributed by atoms with van der Waals surface area (Å²) in [5.41, 5.74) is 2.47. The topological polar surface area (TPSA) is 37.0 Å². The van der Waals surface area contributed by atoms with Gasteiger partial charge in [-0.05, 0) is 11.6 Å². The zero-order valence-corrected chi connectivity index (χ0v) is 6.30. The molecule has 0 saturated carbocycles. The highest BCUT2D eigenvalue weighted by atomic mass is 15.0. The van der Waals surface area contributed by atoms with Gasteiger partial charge in [0, 0.05) is 25.8 Å². The molecule has 0 bridgehead atoms. The van der Waals surface area contributed by atoms with Crippen LogP contribution >= 0.6 is 0 Å². The molecule has 2 N–H and O–H groups in total. The summed E-state index contributed by atoms with van der Waals surface area (Å²) < 4.78 is 0. The van der Waals surface area contributed by atoms with Crippen molar-refractivity contribution >= 4 is 5.69 Å². The molecule has 0 aromatic carbocycles. The van der Waals surface area contributed by atoms with Crippen molar-refractivity contribution in [3.63, 3.8) is 0 Å². The van der Waals surface area contributed by atoms with E-state index in [1.54, 1.807) is 0 Å².